The Morgan fingerprint density at radius 1 is 0.895 bits per heavy atom. The molecule has 0 aliphatic heterocycles. The molecule has 0 bridgehead atoms. The number of nitrogens with one attached hydrogen (secondary N) is 1. The van der Waals surface area contributed by atoms with Crippen LogP contribution in [0.4, 0.5) is 5.69 Å². The van der Waals surface area contributed by atoms with Gasteiger partial charge in [-0.1, -0.05) is 80.6 Å². The summed E-state index contributed by atoms with van der Waals surface area (Å²) in [6.07, 6.45) is 0.282. The number of ether oxygens (including phenoxy) is 1. The van der Waals surface area contributed by atoms with Crippen LogP contribution in [0.5, 0.6) is 0 Å². The number of benzene rings is 3. The predicted octanol–water partition coefficient (Wildman–Crippen LogP) is 5.52. The van der Waals surface area contributed by atoms with Crippen molar-refractivity contribution in [2.24, 2.45) is 5.92 Å². The maximum absolute atomic E-state index is 12.9. The minimum Gasteiger partial charge on any atom is -0.458 e. The Morgan fingerprint density at radius 3 is 1.95 bits per heavy atom. The molecule has 8 heteroatoms. The van der Waals surface area contributed by atoms with E-state index in [1.807, 2.05) is 80.6 Å². The summed E-state index contributed by atoms with van der Waals surface area (Å²) >= 11 is -2.43. The second-order valence-electron chi connectivity index (χ2n) is 10.5. The zero-order valence-corrected chi connectivity index (χ0v) is 23.3. The average molecular weight is 537 g/mol. The van der Waals surface area contributed by atoms with Gasteiger partial charge in [0.15, 0.2) is 0 Å². The van der Waals surface area contributed by atoms with E-state index in [1.54, 1.807) is 32.9 Å². The molecule has 202 valence electrons. The van der Waals surface area contributed by atoms with E-state index in [4.69, 9.17) is 4.74 Å². The highest BCUT2D eigenvalue weighted by molar-refractivity contribution is 7.80. The highest BCUT2D eigenvalue weighted by Gasteiger charge is 2.36. The first kappa shape index (κ1) is 29.1. The molecule has 2 N–H and O–H groups in total. The predicted molar refractivity (Wildman–Crippen MR) is 152 cm³/mol. The monoisotopic (exact) mass is 536 g/mol. The molecular weight excluding hydrogens is 500 g/mol. The Morgan fingerprint density at radius 2 is 1.45 bits per heavy atom. The van der Waals surface area contributed by atoms with Crippen molar-refractivity contribution in [3.05, 3.63) is 90.0 Å². The summed E-state index contributed by atoms with van der Waals surface area (Å²) in [5, 5.41) is 2.93. The van der Waals surface area contributed by atoms with Crippen molar-refractivity contribution < 1.29 is 23.1 Å². The Kier molecular flexibility index (Phi) is 9.83. The fourth-order valence-corrected chi connectivity index (χ4v) is 4.83. The van der Waals surface area contributed by atoms with Gasteiger partial charge in [-0.25, -0.2) is 9.00 Å². The zero-order valence-electron chi connectivity index (χ0n) is 22.5. The van der Waals surface area contributed by atoms with Gasteiger partial charge in [-0.2, -0.15) is 0 Å². The Balaban J connectivity index is 1.70. The number of amides is 1. The van der Waals surface area contributed by atoms with E-state index in [1.165, 1.54) is 4.31 Å². The molecule has 2 unspecified atom stereocenters. The van der Waals surface area contributed by atoms with E-state index >= 15 is 0 Å². The number of carbonyl (C=O) groups excluding carboxylic acids is 2. The van der Waals surface area contributed by atoms with Gasteiger partial charge in [0.05, 0.1) is 12.1 Å². The molecule has 0 saturated heterocycles. The summed E-state index contributed by atoms with van der Waals surface area (Å²) in [5.74, 6) is -0.867. The summed E-state index contributed by atoms with van der Waals surface area (Å²) in [6, 6.07) is 23.6. The first-order chi connectivity index (χ1) is 17.9. The van der Waals surface area contributed by atoms with Crippen LogP contribution < -0.4 is 9.62 Å². The number of carbonyl (C=O) groups is 2. The van der Waals surface area contributed by atoms with Crippen LogP contribution in [-0.2, 0) is 38.6 Å². The third kappa shape index (κ3) is 8.26. The van der Waals surface area contributed by atoms with Gasteiger partial charge in [0.2, 0.25) is 5.91 Å². The van der Waals surface area contributed by atoms with Crippen molar-refractivity contribution in [1.29, 1.82) is 0 Å². The lowest BCUT2D eigenvalue weighted by molar-refractivity contribution is -0.157. The van der Waals surface area contributed by atoms with Crippen molar-refractivity contribution in [2.75, 3.05) is 4.31 Å². The van der Waals surface area contributed by atoms with Crippen LogP contribution in [0.1, 0.15) is 45.7 Å². The van der Waals surface area contributed by atoms with Crippen LogP contribution in [0.15, 0.2) is 78.9 Å². The lowest BCUT2D eigenvalue weighted by atomic mass is 10.0. The van der Waals surface area contributed by atoms with Crippen molar-refractivity contribution >= 4 is 28.8 Å². The Hall–Kier alpha value is -3.49. The van der Waals surface area contributed by atoms with Gasteiger partial charge in [-0.15, -0.1) is 0 Å². The van der Waals surface area contributed by atoms with Gasteiger partial charge < -0.3 is 10.1 Å². The van der Waals surface area contributed by atoms with Crippen LogP contribution in [0, 0.1) is 5.92 Å². The van der Waals surface area contributed by atoms with Crippen molar-refractivity contribution in [2.45, 2.75) is 59.2 Å². The first-order valence-corrected chi connectivity index (χ1v) is 13.6. The summed E-state index contributed by atoms with van der Waals surface area (Å²) in [7, 11) is 0. The van der Waals surface area contributed by atoms with Gasteiger partial charge in [-0.3, -0.25) is 13.7 Å². The van der Waals surface area contributed by atoms with Crippen LogP contribution in [0.25, 0.3) is 11.1 Å². The fourth-order valence-electron chi connectivity index (χ4n) is 4.01. The molecule has 2 atom stereocenters. The van der Waals surface area contributed by atoms with Crippen LogP contribution in [0.2, 0.25) is 0 Å². The maximum Gasteiger partial charge on any atom is 0.330 e. The quantitative estimate of drug-likeness (QED) is 0.263. The number of hydrogen-bond acceptors (Lipinski definition) is 4. The second kappa shape index (κ2) is 12.8. The van der Waals surface area contributed by atoms with E-state index in [2.05, 4.69) is 5.32 Å². The van der Waals surface area contributed by atoms with E-state index in [9.17, 15) is 18.4 Å². The largest absolute Gasteiger partial charge is 0.458 e. The summed E-state index contributed by atoms with van der Waals surface area (Å²) < 4.78 is 29.1. The molecule has 0 fully saturated rings. The molecule has 3 aromatic rings. The molecule has 38 heavy (non-hydrogen) atoms. The van der Waals surface area contributed by atoms with E-state index in [-0.39, 0.29) is 18.2 Å². The molecule has 1 amide bonds. The zero-order chi connectivity index (χ0) is 27.9. The third-order valence-corrected chi connectivity index (χ3v) is 6.58. The van der Waals surface area contributed by atoms with E-state index < -0.39 is 28.9 Å². The number of anilines is 1. The number of hydrogen-bond donors (Lipinski definition) is 2. The van der Waals surface area contributed by atoms with Gasteiger partial charge in [0.1, 0.15) is 11.6 Å². The lowest BCUT2D eigenvalue weighted by Crippen LogP contribution is -2.48. The highest BCUT2D eigenvalue weighted by atomic mass is 32.2. The minimum atomic E-state index is -2.43. The molecule has 0 spiro atoms. The second-order valence-corrected chi connectivity index (χ2v) is 11.3. The van der Waals surface area contributed by atoms with Crippen molar-refractivity contribution in [3.63, 3.8) is 0 Å². The summed E-state index contributed by atoms with van der Waals surface area (Å²) in [4.78, 5) is 25.2. The standard InChI is InChI=1S/C30H36N2O5S/c1-21(2)28(29(34)37-30(3,4)5)32(38(35)36)26-17-15-25(16-18-26)24-13-11-22(12-14-24)19-27(33)31-20-23-9-7-6-8-10-23/h6-18,21,28H,19-20H2,1-5H3,(H,31,33)(H,35,36). The molecular formula is C30H36N2O5S. The van der Waals surface area contributed by atoms with Gasteiger partial charge in [0, 0.05) is 6.54 Å². The number of nitrogens with zero attached hydrogens (tertiary/aromatic N) is 1. The van der Waals surface area contributed by atoms with Gasteiger partial charge in [-0.05, 0) is 61.1 Å². The van der Waals surface area contributed by atoms with Crippen LogP contribution in [0.3, 0.4) is 0 Å². The lowest BCUT2D eigenvalue weighted by Gasteiger charge is -2.33. The number of esters is 1. The average Bonchev–Trinajstić information content (AvgIpc) is 2.85. The summed E-state index contributed by atoms with van der Waals surface area (Å²) in [5.41, 5.74) is 3.51. The fraction of sp³-hybridized carbons (Fsp3) is 0.333. The molecule has 0 saturated carbocycles. The van der Waals surface area contributed by atoms with E-state index in [0.29, 0.717) is 12.2 Å². The smallest absolute Gasteiger partial charge is 0.330 e. The van der Waals surface area contributed by atoms with E-state index in [0.717, 1.165) is 22.3 Å². The third-order valence-electron chi connectivity index (χ3n) is 5.81. The molecule has 7 nitrogen and oxygen atoms in total. The molecule has 0 heterocycles. The topological polar surface area (TPSA) is 95.9 Å². The number of rotatable bonds is 10. The first-order valence-electron chi connectivity index (χ1n) is 12.6. The molecule has 0 aliphatic rings. The highest BCUT2D eigenvalue weighted by Crippen LogP contribution is 2.28. The molecule has 0 aromatic heterocycles. The summed E-state index contributed by atoms with van der Waals surface area (Å²) in [6.45, 7) is 9.41. The molecule has 3 aromatic carbocycles. The molecule has 3 rings (SSSR count). The molecule has 0 radical (unpaired) electrons. The molecule has 0 aliphatic carbocycles. The normalized spacial score (nSPS) is 13.0. The van der Waals surface area contributed by atoms with Crippen LogP contribution in [-0.4, -0.2) is 32.3 Å². The minimum absolute atomic E-state index is 0.0484. The maximum atomic E-state index is 12.9. The van der Waals surface area contributed by atoms with Crippen molar-refractivity contribution in [3.8, 4) is 11.1 Å². The van der Waals surface area contributed by atoms with Gasteiger partial charge >= 0.3 is 5.97 Å². The van der Waals surface area contributed by atoms with Gasteiger partial charge in [0.25, 0.3) is 11.3 Å². The Labute approximate surface area is 227 Å². The van der Waals surface area contributed by atoms with Crippen LogP contribution >= 0.6 is 0 Å². The Bertz CT molecular complexity index is 1240. The SMILES string of the molecule is CC(C)C(C(=O)OC(C)(C)C)N(c1ccc(-c2ccc(CC(=O)NCc3ccccc3)cc2)cc1)S(=O)O. The van der Waals surface area contributed by atoms with Crippen molar-refractivity contribution in [1.82, 2.24) is 5.32 Å².